The molecule has 2 atom stereocenters. The maximum Gasteiger partial charge on any atom is 0.0307 e. The third kappa shape index (κ3) is 6.29. The zero-order valence-electron chi connectivity index (χ0n) is 5.65. The molecule has 0 heterocycles. The van der Waals surface area contributed by atoms with Gasteiger partial charge in [-0.2, -0.15) is 0 Å². The summed E-state index contributed by atoms with van der Waals surface area (Å²) in [6.45, 7) is 7.98. The lowest BCUT2D eigenvalue weighted by Crippen LogP contribution is -1.94. The summed E-state index contributed by atoms with van der Waals surface area (Å²) in [5.74, 6) is 0.552. The summed E-state index contributed by atoms with van der Waals surface area (Å²) in [5.41, 5.74) is 0. The second kappa shape index (κ2) is 4.20. The van der Waals surface area contributed by atoms with Crippen LogP contribution in [0.3, 0.4) is 0 Å². The minimum atomic E-state index is 0.319. The molecule has 8 heavy (non-hydrogen) atoms. The second-order valence-corrected chi connectivity index (χ2v) is 3.21. The monoisotopic (exact) mass is 133 g/mol. The summed E-state index contributed by atoms with van der Waals surface area (Å²) in [5, 5.41) is 0.319. The van der Waals surface area contributed by atoms with Crippen molar-refractivity contribution in [3.05, 3.63) is 6.92 Å². The van der Waals surface area contributed by atoms with Gasteiger partial charge in [-0.3, -0.25) is 0 Å². The van der Waals surface area contributed by atoms with E-state index in [-0.39, 0.29) is 0 Å². The summed E-state index contributed by atoms with van der Waals surface area (Å²) >= 11 is 5.69. The van der Waals surface area contributed by atoms with Gasteiger partial charge in [0.05, 0.1) is 0 Å². The van der Waals surface area contributed by atoms with E-state index in [2.05, 4.69) is 13.8 Å². The van der Waals surface area contributed by atoms with Crippen molar-refractivity contribution in [1.82, 2.24) is 0 Å². The zero-order valence-corrected chi connectivity index (χ0v) is 6.41. The molecule has 0 saturated carbocycles. The van der Waals surface area contributed by atoms with Crippen molar-refractivity contribution in [3.63, 3.8) is 0 Å². The van der Waals surface area contributed by atoms with Crippen molar-refractivity contribution in [2.75, 3.05) is 0 Å². The molecule has 0 aliphatic heterocycles. The van der Waals surface area contributed by atoms with Crippen molar-refractivity contribution in [2.45, 2.75) is 32.1 Å². The van der Waals surface area contributed by atoms with E-state index in [0.29, 0.717) is 11.3 Å². The fraction of sp³-hybridized carbons (Fsp3) is 0.857. The zero-order chi connectivity index (χ0) is 6.57. The molecule has 0 aliphatic carbocycles. The van der Waals surface area contributed by atoms with Crippen LogP contribution in [0.15, 0.2) is 0 Å². The molecule has 0 rings (SSSR count). The first kappa shape index (κ1) is 8.29. The molecule has 0 amide bonds. The van der Waals surface area contributed by atoms with Gasteiger partial charge >= 0.3 is 0 Å². The molecule has 1 radical (unpaired) electrons. The minimum absolute atomic E-state index is 0.319. The molecule has 0 bridgehead atoms. The number of rotatable bonds is 3. The van der Waals surface area contributed by atoms with Crippen LogP contribution in [0.1, 0.15) is 26.7 Å². The van der Waals surface area contributed by atoms with E-state index in [9.17, 15) is 0 Å². The molecule has 0 aromatic carbocycles. The molecule has 0 aromatic heterocycles. The van der Waals surface area contributed by atoms with Gasteiger partial charge in [0, 0.05) is 5.38 Å². The summed E-state index contributed by atoms with van der Waals surface area (Å²) in [6, 6.07) is 0. The molecule has 0 aromatic rings. The Labute approximate surface area is 57.2 Å². The van der Waals surface area contributed by atoms with Gasteiger partial charge in [-0.15, -0.1) is 11.6 Å². The number of hydrogen-bond donors (Lipinski definition) is 0. The predicted molar refractivity (Wildman–Crippen MR) is 39.1 cm³/mol. The van der Waals surface area contributed by atoms with Crippen LogP contribution >= 0.6 is 11.6 Å². The highest BCUT2D eigenvalue weighted by atomic mass is 35.5. The first-order chi connectivity index (χ1) is 3.63. The Morgan fingerprint density at radius 2 is 1.88 bits per heavy atom. The van der Waals surface area contributed by atoms with Crippen LogP contribution in [0, 0.1) is 12.8 Å². The van der Waals surface area contributed by atoms with Crippen LogP contribution in [0.4, 0.5) is 0 Å². The van der Waals surface area contributed by atoms with Crippen molar-refractivity contribution in [2.24, 2.45) is 5.92 Å². The van der Waals surface area contributed by atoms with E-state index in [4.69, 9.17) is 11.6 Å². The number of hydrogen-bond acceptors (Lipinski definition) is 0. The average molecular weight is 134 g/mol. The smallest absolute Gasteiger partial charge is 0.0307 e. The van der Waals surface area contributed by atoms with Crippen LogP contribution in [0.2, 0.25) is 0 Å². The molecular weight excluding hydrogens is 120 g/mol. The standard InChI is InChI=1S/C7H14Cl/c1-6(2)4-5-7(3)8/h6-7H,1,4-5H2,2-3H3. The van der Waals surface area contributed by atoms with E-state index in [1.807, 2.05) is 6.92 Å². The number of alkyl halides is 1. The van der Waals surface area contributed by atoms with Crippen molar-refractivity contribution in [1.29, 1.82) is 0 Å². The molecule has 1 heteroatoms. The van der Waals surface area contributed by atoms with Crippen molar-refractivity contribution >= 4 is 11.6 Å². The van der Waals surface area contributed by atoms with Gasteiger partial charge in [0.25, 0.3) is 0 Å². The van der Waals surface area contributed by atoms with Gasteiger partial charge in [0.2, 0.25) is 0 Å². The first-order valence-corrected chi connectivity index (χ1v) is 3.53. The molecule has 0 saturated heterocycles. The average Bonchev–Trinajstić information content (AvgIpc) is 1.61. The Morgan fingerprint density at radius 1 is 1.38 bits per heavy atom. The Kier molecular flexibility index (Phi) is 4.35. The van der Waals surface area contributed by atoms with Gasteiger partial charge in [-0.05, 0) is 25.7 Å². The molecule has 0 aliphatic rings. The van der Waals surface area contributed by atoms with Crippen LogP contribution in [-0.4, -0.2) is 5.38 Å². The SMILES string of the molecule is [CH2]C(C)CCC(C)Cl. The van der Waals surface area contributed by atoms with Crippen LogP contribution in [0.25, 0.3) is 0 Å². The highest BCUT2D eigenvalue weighted by Crippen LogP contribution is 2.09. The highest BCUT2D eigenvalue weighted by molar-refractivity contribution is 6.20. The fourth-order valence-electron chi connectivity index (χ4n) is 0.514. The summed E-state index contributed by atoms with van der Waals surface area (Å²) in [6.07, 6.45) is 2.23. The van der Waals surface area contributed by atoms with E-state index in [0.717, 1.165) is 12.8 Å². The maximum absolute atomic E-state index is 5.69. The van der Waals surface area contributed by atoms with Gasteiger partial charge in [0.15, 0.2) is 0 Å². The molecule has 0 spiro atoms. The minimum Gasteiger partial charge on any atom is -0.123 e. The van der Waals surface area contributed by atoms with E-state index < -0.39 is 0 Å². The van der Waals surface area contributed by atoms with E-state index in [1.54, 1.807) is 0 Å². The van der Waals surface area contributed by atoms with Gasteiger partial charge in [0.1, 0.15) is 0 Å². The quantitative estimate of drug-likeness (QED) is 0.520. The lowest BCUT2D eigenvalue weighted by Gasteiger charge is -2.03. The Morgan fingerprint density at radius 3 is 2.00 bits per heavy atom. The molecule has 0 N–H and O–H groups in total. The predicted octanol–water partition coefficient (Wildman–Crippen LogP) is 2.86. The lowest BCUT2D eigenvalue weighted by molar-refractivity contribution is 0.599. The van der Waals surface area contributed by atoms with Crippen LogP contribution in [0.5, 0.6) is 0 Å². The third-order valence-electron chi connectivity index (χ3n) is 1.06. The second-order valence-electron chi connectivity index (χ2n) is 2.46. The van der Waals surface area contributed by atoms with Crippen molar-refractivity contribution in [3.8, 4) is 0 Å². The Balaban J connectivity index is 2.93. The van der Waals surface area contributed by atoms with Gasteiger partial charge in [-0.25, -0.2) is 0 Å². The van der Waals surface area contributed by atoms with Crippen LogP contribution < -0.4 is 0 Å². The summed E-state index contributed by atoms with van der Waals surface area (Å²) < 4.78 is 0. The summed E-state index contributed by atoms with van der Waals surface area (Å²) in [7, 11) is 0. The fourth-order valence-corrected chi connectivity index (χ4v) is 0.640. The van der Waals surface area contributed by atoms with E-state index in [1.165, 1.54) is 0 Å². The van der Waals surface area contributed by atoms with Gasteiger partial charge in [-0.1, -0.05) is 13.8 Å². The van der Waals surface area contributed by atoms with Crippen molar-refractivity contribution < 1.29 is 0 Å². The third-order valence-corrected chi connectivity index (χ3v) is 1.28. The highest BCUT2D eigenvalue weighted by Gasteiger charge is 1.97. The molecule has 2 unspecified atom stereocenters. The molecule has 0 nitrogen and oxygen atoms in total. The molecule has 0 fully saturated rings. The normalized spacial score (nSPS) is 14.6. The Bertz CT molecular complexity index is 40.3. The lowest BCUT2D eigenvalue weighted by atomic mass is 10.1. The molecule has 49 valence electrons. The number of halogens is 1. The first-order valence-electron chi connectivity index (χ1n) is 3.10. The summed E-state index contributed by atoms with van der Waals surface area (Å²) in [4.78, 5) is 0. The van der Waals surface area contributed by atoms with E-state index >= 15 is 0 Å². The maximum atomic E-state index is 5.69. The topological polar surface area (TPSA) is 0 Å². The largest absolute Gasteiger partial charge is 0.123 e. The van der Waals surface area contributed by atoms with Gasteiger partial charge < -0.3 is 0 Å². The van der Waals surface area contributed by atoms with Crippen LogP contribution in [-0.2, 0) is 0 Å². The Hall–Kier alpha value is 0.290. The molecular formula is C7H14Cl.